The molecule has 0 radical (unpaired) electrons. The van der Waals surface area contributed by atoms with Crippen molar-refractivity contribution in [3.05, 3.63) is 58.1 Å². The Morgan fingerprint density at radius 3 is 2.33 bits per heavy atom. The Labute approximate surface area is 134 Å². The first-order chi connectivity index (χ1) is 9.94. The van der Waals surface area contributed by atoms with Gasteiger partial charge in [-0.25, -0.2) is 8.42 Å². The molecule has 0 unspecified atom stereocenters. The quantitative estimate of drug-likeness (QED) is 0.872. The number of sulfonamides is 1. The number of nitrogens with one attached hydrogen (secondary N) is 2. The summed E-state index contributed by atoms with van der Waals surface area (Å²) in [6, 6.07) is 11.5. The standard InChI is InChI=1S/C14H14Cl2N2O2S/c1-17-9-10-7-14(13(16)8-12(10)15)21(19,20)18-11-5-3-2-4-6-11/h2-8,17-18H,9H2,1H3. The molecule has 0 aliphatic carbocycles. The number of para-hydroxylation sites is 1. The first-order valence-corrected chi connectivity index (χ1v) is 8.38. The lowest BCUT2D eigenvalue weighted by Crippen LogP contribution is -2.15. The van der Waals surface area contributed by atoms with Gasteiger partial charge in [0.2, 0.25) is 0 Å². The molecule has 0 spiro atoms. The molecular weight excluding hydrogens is 331 g/mol. The second-order valence-electron chi connectivity index (χ2n) is 4.38. The molecule has 4 nitrogen and oxygen atoms in total. The first kappa shape index (κ1) is 16.1. The number of hydrogen-bond donors (Lipinski definition) is 2. The van der Waals surface area contributed by atoms with Crippen LogP contribution in [0.3, 0.4) is 0 Å². The Kier molecular flexibility index (Phi) is 5.11. The van der Waals surface area contributed by atoms with Crippen molar-refractivity contribution in [3.63, 3.8) is 0 Å². The fourth-order valence-corrected chi connectivity index (χ4v) is 3.74. The normalized spacial score (nSPS) is 11.4. The summed E-state index contributed by atoms with van der Waals surface area (Å²) in [6.45, 7) is 0.448. The smallest absolute Gasteiger partial charge is 0.263 e. The Balaban J connectivity index is 2.42. The van der Waals surface area contributed by atoms with Crippen LogP contribution in [0.1, 0.15) is 5.56 Å². The maximum atomic E-state index is 12.4. The van der Waals surface area contributed by atoms with Crippen molar-refractivity contribution < 1.29 is 8.42 Å². The van der Waals surface area contributed by atoms with E-state index in [4.69, 9.17) is 23.2 Å². The Bertz CT molecular complexity index is 734. The molecule has 0 bridgehead atoms. The molecule has 2 N–H and O–H groups in total. The molecule has 0 saturated heterocycles. The second-order valence-corrected chi connectivity index (χ2v) is 6.84. The molecule has 2 aromatic rings. The van der Waals surface area contributed by atoms with E-state index >= 15 is 0 Å². The summed E-state index contributed by atoms with van der Waals surface area (Å²) in [5, 5.41) is 3.44. The largest absolute Gasteiger partial charge is 0.316 e. The molecular formula is C14H14Cl2N2O2S. The summed E-state index contributed by atoms with van der Waals surface area (Å²) in [5.74, 6) is 0. The van der Waals surface area contributed by atoms with Crippen LogP contribution < -0.4 is 10.0 Å². The number of rotatable bonds is 5. The zero-order valence-electron chi connectivity index (χ0n) is 11.2. The summed E-state index contributed by atoms with van der Waals surface area (Å²) < 4.78 is 27.4. The molecule has 0 amide bonds. The summed E-state index contributed by atoms with van der Waals surface area (Å²) in [4.78, 5) is 0.00247. The van der Waals surface area contributed by atoms with Crippen molar-refractivity contribution in [1.29, 1.82) is 0 Å². The minimum absolute atomic E-state index is 0.00247. The van der Waals surface area contributed by atoms with Crippen molar-refractivity contribution in [3.8, 4) is 0 Å². The van der Waals surface area contributed by atoms with Crippen molar-refractivity contribution in [1.82, 2.24) is 5.32 Å². The van der Waals surface area contributed by atoms with Gasteiger partial charge in [-0.05, 0) is 36.9 Å². The molecule has 2 rings (SSSR count). The van der Waals surface area contributed by atoms with Gasteiger partial charge >= 0.3 is 0 Å². The van der Waals surface area contributed by atoms with E-state index in [0.717, 1.165) is 0 Å². The Hall–Kier alpha value is -1.27. The van der Waals surface area contributed by atoms with E-state index in [9.17, 15) is 8.42 Å². The minimum atomic E-state index is -3.77. The van der Waals surface area contributed by atoms with E-state index in [0.29, 0.717) is 22.8 Å². The molecule has 21 heavy (non-hydrogen) atoms. The highest BCUT2D eigenvalue weighted by atomic mass is 35.5. The van der Waals surface area contributed by atoms with Crippen LogP contribution >= 0.6 is 23.2 Å². The van der Waals surface area contributed by atoms with Crippen LogP contribution in [-0.2, 0) is 16.6 Å². The van der Waals surface area contributed by atoms with Crippen molar-refractivity contribution in [2.24, 2.45) is 0 Å². The Morgan fingerprint density at radius 1 is 1.05 bits per heavy atom. The monoisotopic (exact) mass is 344 g/mol. The fourth-order valence-electron chi connectivity index (χ4n) is 1.82. The maximum Gasteiger partial charge on any atom is 0.263 e. The molecule has 0 heterocycles. The van der Waals surface area contributed by atoms with E-state index in [1.807, 2.05) is 0 Å². The van der Waals surface area contributed by atoms with Gasteiger partial charge in [0, 0.05) is 17.3 Å². The molecule has 112 valence electrons. The molecule has 7 heteroatoms. The van der Waals surface area contributed by atoms with Gasteiger partial charge in [0.15, 0.2) is 0 Å². The summed E-state index contributed by atoms with van der Waals surface area (Å²) in [6.07, 6.45) is 0. The molecule has 2 aromatic carbocycles. The highest BCUT2D eigenvalue weighted by Gasteiger charge is 2.20. The molecule has 0 atom stereocenters. The third-order valence-corrected chi connectivity index (χ3v) is 4.98. The average molecular weight is 345 g/mol. The van der Waals surface area contributed by atoms with Gasteiger partial charge in [-0.3, -0.25) is 4.72 Å². The van der Waals surface area contributed by atoms with Crippen LogP contribution in [0.5, 0.6) is 0 Å². The van der Waals surface area contributed by atoms with E-state index in [1.165, 1.54) is 12.1 Å². The molecule has 0 aliphatic heterocycles. The van der Waals surface area contributed by atoms with E-state index in [-0.39, 0.29) is 9.92 Å². The Morgan fingerprint density at radius 2 is 1.71 bits per heavy atom. The summed E-state index contributed by atoms with van der Waals surface area (Å²) in [5.41, 5.74) is 1.13. The van der Waals surface area contributed by atoms with Gasteiger partial charge in [0.05, 0.1) is 5.02 Å². The van der Waals surface area contributed by atoms with Crippen molar-refractivity contribution in [2.75, 3.05) is 11.8 Å². The summed E-state index contributed by atoms with van der Waals surface area (Å²) in [7, 11) is -2.02. The maximum absolute atomic E-state index is 12.4. The van der Waals surface area contributed by atoms with Crippen LogP contribution in [0.15, 0.2) is 47.4 Å². The van der Waals surface area contributed by atoms with Gasteiger partial charge < -0.3 is 5.32 Å². The lowest BCUT2D eigenvalue weighted by molar-refractivity contribution is 0.601. The number of benzene rings is 2. The molecule has 0 fully saturated rings. The SMILES string of the molecule is CNCc1cc(S(=O)(=O)Nc2ccccc2)c(Cl)cc1Cl. The minimum Gasteiger partial charge on any atom is -0.316 e. The van der Waals surface area contributed by atoms with Crippen molar-refractivity contribution in [2.45, 2.75) is 11.4 Å². The summed E-state index contributed by atoms with van der Waals surface area (Å²) >= 11 is 12.1. The zero-order chi connectivity index (χ0) is 15.5. The van der Waals surface area contributed by atoms with E-state index in [2.05, 4.69) is 10.0 Å². The van der Waals surface area contributed by atoms with Crippen LogP contribution in [0.2, 0.25) is 10.0 Å². The third kappa shape index (κ3) is 3.89. The fraction of sp³-hybridized carbons (Fsp3) is 0.143. The van der Waals surface area contributed by atoms with Gasteiger partial charge in [-0.1, -0.05) is 41.4 Å². The van der Waals surface area contributed by atoms with Crippen LogP contribution in [0.4, 0.5) is 5.69 Å². The zero-order valence-corrected chi connectivity index (χ0v) is 13.6. The van der Waals surface area contributed by atoms with Crippen LogP contribution in [0.25, 0.3) is 0 Å². The van der Waals surface area contributed by atoms with Gasteiger partial charge in [-0.2, -0.15) is 0 Å². The van der Waals surface area contributed by atoms with Gasteiger partial charge in [0.1, 0.15) is 4.90 Å². The molecule has 0 saturated carbocycles. The predicted octanol–water partition coefficient (Wildman–Crippen LogP) is 3.51. The molecule has 0 aromatic heterocycles. The lowest BCUT2D eigenvalue weighted by Gasteiger charge is -2.12. The van der Waals surface area contributed by atoms with Crippen LogP contribution in [0, 0.1) is 0 Å². The average Bonchev–Trinajstić information content (AvgIpc) is 2.42. The third-order valence-electron chi connectivity index (χ3n) is 2.78. The number of hydrogen-bond acceptors (Lipinski definition) is 3. The first-order valence-electron chi connectivity index (χ1n) is 6.14. The predicted molar refractivity (Wildman–Crippen MR) is 86.5 cm³/mol. The van der Waals surface area contributed by atoms with E-state index < -0.39 is 10.0 Å². The topological polar surface area (TPSA) is 58.2 Å². The van der Waals surface area contributed by atoms with Gasteiger partial charge in [-0.15, -0.1) is 0 Å². The highest BCUT2D eigenvalue weighted by molar-refractivity contribution is 7.92. The van der Waals surface area contributed by atoms with E-state index in [1.54, 1.807) is 37.4 Å². The second kappa shape index (κ2) is 6.66. The number of halogens is 2. The van der Waals surface area contributed by atoms with Gasteiger partial charge in [0.25, 0.3) is 10.0 Å². The van der Waals surface area contributed by atoms with Crippen LogP contribution in [-0.4, -0.2) is 15.5 Å². The van der Waals surface area contributed by atoms with Crippen molar-refractivity contribution >= 4 is 38.9 Å². The highest BCUT2D eigenvalue weighted by Crippen LogP contribution is 2.29. The number of anilines is 1. The lowest BCUT2D eigenvalue weighted by atomic mass is 10.2. The molecule has 0 aliphatic rings.